The summed E-state index contributed by atoms with van der Waals surface area (Å²) in [5, 5.41) is 4.19. The summed E-state index contributed by atoms with van der Waals surface area (Å²) in [6.45, 7) is 0.465. The Kier molecular flexibility index (Phi) is 4.49. The minimum absolute atomic E-state index is 0.170. The average molecular weight is 360 g/mol. The van der Waals surface area contributed by atoms with Crippen LogP contribution in [-0.4, -0.2) is 32.7 Å². The van der Waals surface area contributed by atoms with E-state index in [-0.39, 0.29) is 5.69 Å². The van der Waals surface area contributed by atoms with E-state index < -0.39 is 5.97 Å². The number of hydrogen-bond acceptors (Lipinski definition) is 6. The molecule has 7 nitrogen and oxygen atoms in total. The molecule has 0 aliphatic heterocycles. The molecule has 0 spiro atoms. The van der Waals surface area contributed by atoms with Crippen molar-refractivity contribution in [1.82, 2.24) is 19.6 Å². The van der Waals surface area contributed by atoms with Crippen molar-refractivity contribution in [1.29, 1.82) is 0 Å². The van der Waals surface area contributed by atoms with Gasteiger partial charge in [0.25, 0.3) is 5.78 Å². The molecule has 0 saturated carbocycles. The first-order valence-electron chi connectivity index (χ1n) is 8.31. The molecule has 4 aromatic rings. The Morgan fingerprint density at radius 3 is 2.74 bits per heavy atom. The summed E-state index contributed by atoms with van der Waals surface area (Å²) in [5.41, 5.74) is 2.74. The molecule has 0 aliphatic rings. The lowest BCUT2D eigenvalue weighted by Crippen LogP contribution is -2.08. The Labute approximate surface area is 155 Å². The molecule has 7 heteroatoms. The second kappa shape index (κ2) is 7.25. The van der Waals surface area contributed by atoms with Crippen LogP contribution >= 0.6 is 0 Å². The fourth-order valence-electron chi connectivity index (χ4n) is 2.71. The van der Waals surface area contributed by atoms with Gasteiger partial charge in [-0.1, -0.05) is 42.5 Å². The Bertz CT molecular complexity index is 1090. The summed E-state index contributed by atoms with van der Waals surface area (Å²) in [4.78, 5) is 20.2. The van der Waals surface area contributed by atoms with Crippen molar-refractivity contribution in [2.75, 3.05) is 7.11 Å². The number of nitrogens with zero attached hydrogens (tertiary/aromatic N) is 4. The number of fused-ring (bicyclic) bond motifs is 1. The fourth-order valence-corrected chi connectivity index (χ4v) is 2.71. The van der Waals surface area contributed by atoms with Crippen LogP contribution in [0.2, 0.25) is 0 Å². The van der Waals surface area contributed by atoms with E-state index in [9.17, 15) is 4.79 Å². The van der Waals surface area contributed by atoms with Crippen molar-refractivity contribution in [3.8, 4) is 17.0 Å². The molecular weight excluding hydrogens is 344 g/mol. The highest BCUT2D eigenvalue weighted by atomic mass is 16.5. The van der Waals surface area contributed by atoms with Gasteiger partial charge in [-0.25, -0.2) is 9.78 Å². The number of ether oxygens (including phenoxy) is 2. The molecule has 0 unspecified atom stereocenters. The first kappa shape index (κ1) is 16.7. The second-order valence-electron chi connectivity index (χ2n) is 5.79. The maximum absolute atomic E-state index is 11.9. The molecule has 2 aromatic carbocycles. The van der Waals surface area contributed by atoms with Crippen molar-refractivity contribution < 1.29 is 14.3 Å². The Morgan fingerprint density at radius 2 is 1.93 bits per heavy atom. The van der Waals surface area contributed by atoms with Crippen LogP contribution in [0.5, 0.6) is 5.75 Å². The van der Waals surface area contributed by atoms with Crippen LogP contribution in [0.25, 0.3) is 17.0 Å². The van der Waals surface area contributed by atoms with Gasteiger partial charge in [-0.2, -0.15) is 14.6 Å². The molecule has 0 aliphatic carbocycles. The summed E-state index contributed by atoms with van der Waals surface area (Å²) >= 11 is 0. The third-order valence-electron chi connectivity index (χ3n) is 4.02. The van der Waals surface area contributed by atoms with E-state index in [2.05, 4.69) is 15.1 Å². The van der Waals surface area contributed by atoms with Crippen LogP contribution in [0, 0.1) is 0 Å². The monoisotopic (exact) mass is 360 g/mol. The molecule has 0 atom stereocenters. The smallest absolute Gasteiger partial charge is 0.356 e. The molecule has 2 aromatic heterocycles. The number of rotatable bonds is 5. The number of carbonyl (C=O) groups is 1. The second-order valence-corrected chi connectivity index (χ2v) is 5.79. The van der Waals surface area contributed by atoms with Crippen LogP contribution in [0.1, 0.15) is 16.1 Å². The summed E-state index contributed by atoms with van der Waals surface area (Å²) in [5.74, 6) is 0.503. The van der Waals surface area contributed by atoms with Gasteiger partial charge in [0.05, 0.1) is 12.8 Å². The quantitative estimate of drug-likeness (QED) is 0.509. The van der Waals surface area contributed by atoms with Gasteiger partial charge in [0.15, 0.2) is 5.69 Å². The topological polar surface area (TPSA) is 78.6 Å². The van der Waals surface area contributed by atoms with Crippen molar-refractivity contribution in [2.24, 2.45) is 0 Å². The van der Waals surface area contributed by atoms with Crippen LogP contribution < -0.4 is 4.74 Å². The molecule has 2 heterocycles. The van der Waals surface area contributed by atoms with Crippen LogP contribution in [-0.2, 0) is 11.3 Å². The standard InChI is InChI=1S/C20H16N4O3/c1-26-19(25)17-11-18(24-20(23-17)21-13-22-24)15-8-5-9-16(10-15)27-12-14-6-3-2-4-7-14/h2-11,13H,12H2,1H3. The number of benzene rings is 2. The summed E-state index contributed by atoms with van der Waals surface area (Å²) in [7, 11) is 1.32. The van der Waals surface area contributed by atoms with Crippen LogP contribution in [0.15, 0.2) is 67.0 Å². The van der Waals surface area contributed by atoms with Crippen LogP contribution in [0.3, 0.4) is 0 Å². The lowest BCUT2D eigenvalue weighted by Gasteiger charge is -2.10. The minimum atomic E-state index is -0.529. The maximum atomic E-state index is 11.9. The first-order chi connectivity index (χ1) is 13.2. The molecule has 0 fully saturated rings. The van der Waals surface area contributed by atoms with Gasteiger partial charge in [-0.3, -0.25) is 0 Å². The zero-order valence-electron chi connectivity index (χ0n) is 14.6. The first-order valence-corrected chi connectivity index (χ1v) is 8.31. The molecule has 27 heavy (non-hydrogen) atoms. The predicted molar refractivity (Wildman–Crippen MR) is 98.3 cm³/mol. The lowest BCUT2D eigenvalue weighted by molar-refractivity contribution is 0.0594. The SMILES string of the molecule is COC(=O)c1cc(-c2cccc(OCc3ccccc3)c2)n2ncnc2n1. The average Bonchev–Trinajstić information content (AvgIpc) is 3.20. The molecule has 0 saturated heterocycles. The van der Waals surface area contributed by atoms with Gasteiger partial charge >= 0.3 is 5.97 Å². The molecule has 0 N–H and O–H groups in total. The number of esters is 1. The normalized spacial score (nSPS) is 10.7. The molecular formula is C20H16N4O3. The lowest BCUT2D eigenvalue weighted by atomic mass is 10.1. The summed E-state index contributed by atoms with van der Waals surface area (Å²) in [6.07, 6.45) is 1.39. The van der Waals surface area contributed by atoms with E-state index in [1.54, 1.807) is 10.6 Å². The highest BCUT2D eigenvalue weighted by Crippen LogP contribution is 2.25. The van der Waals surface area contributed by atoms with E-state index in [0.29, 0.717) is 23.8 Å². The zero-order chi connectivity index (χ0) is 18.6. The molecule has 0 bridgehead atoms. The number of hydrogen-bond donors (Lipinski definition) is 0. The predicted octanol–water partition coefficient (Wildman–Crippen LogP) is 3.16. The molecule has 0 radical (unpaired) electrons. The third kappa shape index (κ3) is 3.48. The number of aromatic nitrogens is 4. The van der Waals surface area contributed by atoms with Crippen molar-refractivity contribution >= 4 is 11.7 Å². The summed E-state index contributed by atoms with van der Waals surface area (Å²) in [6, 6.07) is 19.1. The third-order valence-corrected chi connectivity index (χ3v) is 4.02. The van der Waals surface area contributed by atoms with E-state index in [4.69, 9.17) is 9.47 Å². The highest BCUT2D eigenvalue weighted by Gasteiger charge is 2.15. The Morgan fingerprint density at radius 1 is 1.07 bits per heavy atom. The van der Waals surface area contributed by atoms with E-state index in [1.165, 1.54) is 13.4 Å². The molecule has 134 valence electrons. The van der Waals surface area contributed by atoms with E-state index in [1.807, 2.05) is 54.6 Å². The van der Waals surface area contributed by atoms with Gasteiger partial charge in [0.2, 0.25) is 0 Å². The van der Waals surface area contributed by atoms with Crippen molar-refractivity contribution in [3.05, 3.63) is 78.2 Å². The number of methoxy groups -OCH3 is 1. The molecule has 0 amide bonds. The fraction of sp³-hybridized carbons (Fsp3) is 0.100. The van der Waals surface area contributed by atoms with Gasteiger partial charge in [-0.05, 0) is 23.8 Å². The van der Waals surface area contributed by atoms with Gasteiger partial charge in [0, 0.05) is 5.56 Å². The van der Waals surface area contributed by atoms with Crippen molar-refractivity contribution in [2.45, 2.75) is 6.61 Å². The van der Waals surface area contributed by atoms with Gasteiger partial charge < -0.3 is 9.47 Å². The van der Waals surface area contributed by atoms with E-state index >= 15 is 0 Å². The van der Waals surface area contributed by atoms with Crippen LogP contribution in [0.4, 0.5) is 0 Å². The zero-order valence-corrected chi connectivity index (χ0v) is 14.6. The van der Waals surface area contributed by atoms with Gasteiger partial charge in [0.1, 0.15) is 18.7 Å². The highest BCUT2D eigenvalue weighted by molar-refractivity contribution is 5.89. The number of carbonyl (C=O) groups excluding carboxylic acids is 1. The maximum Gasteiger partial charge on any atom is 0.356 e. The molecule has 4 rings (SSSR count). The Hall–Kier alpha value is -3.74. The van der Waals surface area contributed by atoms with E-state index in [0.717, 1.165) is 11.1 Å². The van der Waals surface area contributed by atoms with Gasteiger partial charge in [-0.15, -0.1) is 0 Å². The Balaban J connectivity index is 1.69. The van der Waals surface area contributed by atoms with Crippen molar-refractivity contribution in [3.63, 3.8) is 0 Å². The largest absolute Gasteiger partial charge is 0.489 e. The summed E-state index contributed by atoms with van der Waals surface area (Å²) < 4.78 is 12.2. The minimum Gasteiger partial charge on any atom is -0.489 e.